The van der Waals surface area contributed by atoms with Crippen LogP contribution < -0.4 is 0 Å². The number of aliphatic carboxylic acids is 1. The number of rotatable bonds is 7. The molecular weight excluding hydrogens is 287 g/mol. The summed E-state index contributed by atoms with van der Waals surface area (Å²) in [5.74, 6) is -0.776. The average molecular weight is 310 g/mol. The number of carboxylic acids is 1. The van der Waals surface area contributed by atoms with Crippen LogP contribution in [0.4, 0.5) is 0 Å². The Morgan fingerprint density at radius 1 is 1.30 bits per heavy atom. The van der Waals surface area contributed by atoms with Gasteiger partial charge in [0.2, 0.25) is 0 Å². The number of phosphoric ester groups is 1. The fourth-order valence-corrected chi connectivity index (χ4v) is 1.52. The average Bonchev–Trinajstić information content (AvgIpc) is 2.84. The minimum atomic E-state index is -3.65. The molecule has 0 saturated heterocycles. The normalized spacial score (nSPS) is 14.2. The number of nitrogens with zero attached hydrogens (tertiary/aromatic N) is 2. The molecule has 0 aromatic carbocycles. The second kappa shape index (κ2) is 9.77. The molecule has 1 heterocycles. The van der Waals surface area contributed by atoms with Crippen molar-refractivity contribution in [2.75, 3.05) is 34.0 Å². The van der Waals surface area contributed by atoms with Crippen molar-refractivity contribution in [2.45, 2.75) is 19.8 Å². The molecule has 0 fully saturated rings. The third-order valence-electron chi connectivity index (χ3n) is 2.45. The van der Waals surface area contributed by atoms with Crippen molar-refractivity contribution in [3.8, 4) is 0 Å². The van der Waals surface area contributed by atoms with E-state index in [0.717, 1.165) is 27.2 Å². The van der Waals surface area contributed by atoms with Gasteiger partial charge in [0.25, 0.3) is 0 Å². The lowest BCUT2D eigenvalue weighted by Gasteiger charge is -2.19. The van der Waals surface area contributed by atoms with Crippen LogP contribution in [0.2, 0.25) is 0 Å². The lowest BCUT2D eigenvalue weighted by molar-refractivity contribution is -0.137. The Kier molecular flexibility index (Phi) is 9.24. The standard InChI is InChI=1S/C9H16N2O2.C2H7O4P/c1-2-3-4-10-5-6-11(8-10)7-9(12)13;1-5-7(3,4)6-2/h5-6H,2-4,7-8H2,1H3,(H,12,13);1-2H3,(H,3,4). The Labute approximate surface area is 119 Å². The van der Waals surface area contributed by atoms with E-state index in [1.54, 1.807) is 4.90 Å². The summed E-state index contributed by atoms with van der Waals surface area (Å²) in [5.41, 5.74) is 0. The molecule has 0 bridgehead atoms. The van der Waals surface area contributed by atoms with Crippen molar-refractivity contribution in [1.29, 1.82) is 0 Å². The van der Waals surface area contributed by atoms with Gasteiger partial charge in [-0.15, -0.1) is 0 Å². The largest absolute Gasteiger partial charge is 0.480 e. The molecule has 1 aliphatic heterocycles. The molecular formula is C11H23N2O6P. The second-order valence-corrected chi connectivity index (χ2v) is 5.75. The number of carbonyl (C=O) groups is 1. The predicted molar refractivity (Wildman–Crippen MR) is 73.8 cm³/mol. The zero-order valence-electron chi connectivity index (χ0n) is 12.1. The van der Waals surface area contributed by atoms with Gasteiger partial charge in [-0.25, -0.2) is 4.57 Å². The van der Waals surface area contributed by atoms with Gasteiger partial charge in [0.15, 0.2) is 0 Å². The lowest BCUT2D eigenvalue weighted by atomic mass is 10.3. The predicted octanol–water partition coefficient (Wildman–Crippen LogP) is 1.30. The van der Waals surface area contributed by atoms with Crippen molar-refractivity contribution in [1.82, 2.24) is 9.80 Å². The first-order valence-corrected chi connectivity index (χ1v) is 7.66. The third-order valence-corrected chi connectivity index (χ3v) is 3.37. The van der Waals surface area contributed by atoms with Crippen LogP contribution in [0, 0.1) is 0 Å². The third kappa shape index (κ3) is 8.92. The fraction of sp³-hybridized carbons (Fsp3) is 0.727. The lowest BCUT2D eigenvalue weighted by Crippen LogP contribution is -2.29. The maximum atomic E-state index is 10.4. The van der Waals surface area contributed by atoms with E-state index in [2.05, 4.69) is 20.9 Å². The minimum Gasteiger partial charge on any atom is -0.480 e. The van der Waals surface area contributed by atoms with Gasteiger partial charge in [-0.1, -0.05) is 13.3 Å². The molecule has 20 heavy (non-hydrogen) atoms. The quantitative estimate of drug-likeness (QED) is 0.679. The van der Waals surface area contributed by atoms with E-state index in [4.69, 9.17) is 10.00 Å². The van der Waals surface area contributed by atoms with Crippen LogP contribution in [-0.2, 0) is 18.4 Å². The van der Waals surface area contributed by atoms with Crippen LogP contribution >= 0.6 is 7.82 Å². The summed E-state index contributed by atoms with van der Waals surface area (Å²) in [6.45, 7) is 3.98. The van der Waals surface area contributed by atoms with Gasteiger partial charge in [0.05, 0.1) is 6.67 Å². The molecule has 0 unspecified atom stereocenters. The summed E-state index contributed by atoms with van der Waals surface area (Å²) in [4.78, 5) is 22.5. The Hall–Kier alpha value is -1.08. The summed E-state index contributed by atoms with van der Waals surface area (Å²) in [7, 11) is -1.45. The van der Waals surface area contributed by atoms with Gasteiger partial charge in [-0.3, -0.25) is 13.8 Å². The zero-order valence-corrected chi connectivity index (χ0v) is 13.0. The van der Waals surface area contributed by atoms with Crippen LogP contribution in [0.15, 0.2) is 12.4 Å². The topological polar surface area (TPSA) is 99.5 Å². The molecule has 118 valence electrons. The summed E-state index contributed by atoms with van der Waals surface area (Å²) < 4.78 is 18.0. The van der Waals surface area contributed by atoms with Gasteiger partial charge >= 0.3 is 13.8 Å². The van der Waals surface area contributed by atoms with Gasteiger partial charge in [0.1, 0.15) is 6.54 Å². The second-order valence-electron chi connectivity index (χ2n) is 4.08. The maximum absolute atomic E-state index is 10.4. The highest BCUT2D eigenvalue weighted by Crippen LogP contribution is 2.40. The first-order valence-electron chi connectivity index (χ1n) is 6.17. The van der Waals surface area contributed by atoms with Gasteiger partial charge in [-0.2, -0.15) is 0 Å². The van der Waals surface area contributed by atoms with E-state index < -0.39 is 13.8 Å². The number of unbranched alkanes of at least 4 members (excludes halogenated alkanes) is 1. The van der Waals surface area contributed by atoms with Crippen molar-refractivity contribution in [3.63, 3.8) is 0 Å². The van der Waals surface area contributed by atoms with E-state index in [0.29, 0.717) is 6.67 Å². The van der Waals surface area contributed by atoms with Crippen LogP contribution in [-0.4, -0.2) is 59.7 Å². The van der Waals surface area contributed by atoms with Crippen molar-refractivity contribution in [3.05, 3.63) is 12.4 Å². The zero-order chi connectivity index (χ0) is 15.6. The van der Waals surface area contributed by atoms with Crippen molar-refractivity contribution in [2.24, 2.45) is 0 Å². The summed E-state index contributed by atoms with van der Waals surface area (Å²) in [6.07, 6.45) is 6.12. The van der Waals surface area contributed by atoms with Crippen LogP contribution in [0.25, 0.3) is 0 Å². The number of phosphoric acid groups is 1. The van der Waals surface area contributed by atoms with Gasteiger partial charge in [0, 0.05) is 33.2 Å². The summed E-state index contributed by atoms with van der Waals surface area (Å²) in [6, 6.07) is 0. The Balaban J connectivity index is 0.000000441. The highest BCUT2D eigenvalue weighted by molar-refractivity contribution is 7.47. The Bertz CT molecular complexity index is 355. The highest BCUT2D eigenvalue weighted by atomic mass is 31.2. The highest BCUT2D eigenvalue weighted by Gasteiger charge is 2.14. The number of hydrogen-bond acceptors (Lipinski definition) is 6. The molecule has 0 aromatic rings. The monoisotopic (exact) mass is 310 g/mol. The molecule has 0 saturated carbocycles. The number of hydrogen-bond donors (Lipinski definition) is 2. The first kappa shape index (κ1) is 18.9. The van der Waals surface area contributed by atoms with Crippen LogP contribution in [0.1, 0.15) is 19.8 Å². The summed E-state index contributed by atoms with van der Waals surface area (Å²) >= 11 is 0. The molecule has 2 N–H and O–H groups in total. The molecule has 0 amide bonds. The van der Waals surface area contributed by atoms with E-state index in [1.165, 1.54) is 6.42 Å². The molecule has 0 aromatic heterocycles. The summed E-state index contributed by atoms with van der Waals surface area (Å²) in [5, 5.41) is 8.54. The van der Waals surface area contributed by atoms with E-state index in [9.17, 15) is 9.36 Å². The molecule has 0 aliphatic carbocycles. The van der Waals surface area contributed by atoms with E-state index in [1.807, 2.05) is 12.4 Å². The van der Waals surface area contributed by atoms with E-state index >= 15 is 0 Å². The molecule has 9 heteroatoms. The van der Waals surface area contributed by atoms with Crippen molar-refractivity contribution < 1.29 is 28.4 Å². The van der Waals surface area contributed by atoms with Crippen LogP contribution in [0.5, 0.6) is 0 Å². The Morgan fingerprint density at radius 3 is 2.25 bits per heavy atom. The molecule has 0 atom stereocenters. The number of carboxylic acid groups (broad SMARTS) is 1. The molecule has 1 aliphatic rings. The maximum Gasteiger partial charge on any atom is 0.471 e. The molecule has 1 rings (SSSR count). The first-order chi connectivity index (χ1) is 9.34. The molecule has 0 radical (unpaired) electrons. The molecule has 0 spiro atoms. The van der Waals surface area contributed by atoms with Gasteiger partial charge < -0.3 is 19.8 Å². The fourth-order valence-electron chi connectivity index (χ4n) is 1.37. The van der Waals surface area contributed by atoms with E-state index in [-0.39, 0.29) is 6.54 Å². The van der Waals surface area contributed by atoms with Gasteiger partial charge in [-0.05, 0) is 6.42 Å². The molecule has 8 nitrogen and oxygen atoms in total. The smallest absolute Gasteiger partial charge is 0.471 e. The van der Waals surface area contributed by atoms with Crippen LogP contribution in [0.3, 0.4) is 0 Å². The SMILES string of the molecule is CCCCN1C=CN(CC(=O)O)C1.COP(=O)(O)OC. The Morgan fingerprint density at radius 2 is 1.85 bits per heavy atom. The minimum absolute atomic E-state index is 0.0964. The van der Waals surface area contributed by atoms with Crippen molar-refractivity contribution >= 4 is 13.8 Å².